The number of nitrogens with zero attached hydrogens (tertiary/aromatic N) is 3. The summed E-state index contributed by atoms with van der Waals surface area (Å²) in [6.45, 7) is 4.07. The lowest BCUT2D eigenvalue weighted by molar-refractivity contribution is 0.0937. The van der Waals surface area contributed by atoms with E-state index in [4.69, 9.17) is 4.98 Å². The Bertz CT molecular complexity index is 1110. The molecule has 6 nitrogen and oxygen atoms in total. The Kier molecular flexibility index (Phi) is 4.85. The maximum absolute atomic E-state index is 13.2. The molecule has 0 aliphatic heterocycles. The molecule has 0 fully saturated rings. The Labute approximate surface area is 163 Å². The normalized spacial score (nSPS) is 12.1. The van der Waals surface area contributed by atoms with E-state index >= 15 is 0 Å². The van der Waals surface area contributed by atoms with Gasteiger partial charge < -0.3 is 5.32 Å². The van der Waals surface area contributed by atoms with Crippen LogP contribution in [-0.2, 0) is 0 Å². The van der Waals surface area contributed by atoms with E-state index in [1.165, 1.54) is 0 Å². The number of H-pyrrole nitrogens is 1. The van der Waals surface area contributed by atoms with E-state index in [2.05, 4.69) is 27.4 Å². The summed E-state index contributed by atoms with van der Waals surface area (Å²) in [6.07, 6.45) is 7.75. The zero-order valence-corrected chi connectivity index (χ0v) is 15.8. The average molecular weight is 371 g/mol. The fourth-order valence-electron chi connectivity index (χ4n) is 3.32. The van der Waals surface area contributed by atoms with Gasteiger partial charge in [-0.15, -0.1) is 0 Å². The zero-order chi connectivity index (χ0) is 19.5. The van der Waals surface area contributed by atoms with E-state index in [-0.39, 0.29) is 11.9 Å². The van der Waals surface area contributed by atoms with Gasteiger partial charge in [0.15, 0.2) is 0 Å². The van der Waals surface area contributed by atoms with Crippen molar-refractivity contribution in [3.8, 4) is 11.3 Å². The number of hydrogen-bond acceptors (Lipinski definition) is 4. The fourth-order valence-corrected chi connectivity index (χ4v) is 3.32. The molecular weight excluding hydrogens is 350 g/mol. The predicted molar refractivity (Wildman–Crippen MR) is 109 cm³/mol. The quantitative estimate of drug-likeness (QED) is 0.550. The van der Waals surface area contributed by atoms with Crippen LogP contribution in [0.2, 0.25) is 0 Å². The third-order valence-corrected chi connectivity index (χ3v) is 4.83. The summed E-state index contributed by atoms with van der Waals surface area (Å²) in [5.41, 5.74) is 5.09. The van der Waals surface area contributed by atoms with Gasteiger partial charge in [0.05, 0.1) is 29.0 Å². The van der Waals surface area contributed by atoms with Crippen LogP contribution < -0.4 is 5.32 Å². The van der Waals surface area contributed by atoms with Gasteiger partial charge in [-0.2, -0.15) is 5.10 Å². The first-order chi connectivity index (χ1) is 13.7. The van der Waals surface area contributed by atoms with Crippen LogP contribution in [0.3, 0.4) is 0 Å². The lowest BCUT2D eigenvalue weighted by Crippen LogP contribution is -2.28. The van der Waals surface area contributed by atoms with Crippen LogP contribution in [0.5, 0.6) is 0 Å². The highest BCUT2D eigenvalue weighted by atomic mass is 16.1. The van der Waals surface area contributed by atoms with Crippen molar-refractivity contribution in [2.24, 2.45) is 0 Å². The fraction of sp³-hybridized carbons (Fsp3) is 0.182. The maximum atomic E-state index is 13.2. The third kappa shape index (κ3) is 3.49. The van der Waals surface area contributed by atoms with Crippen LogP contribution in [0, 0.1) is 6.92 Å². The lowest BCUT2D eigenvalue weighted by Gasteiger charge is -2.18. The highest BCUT2D eigenvalue weighted by Crippen LogP contribution is 2.26. The minimum Gasteiger partial charge on any atom is -0.345 e. The summed E-state index contributed by atoms with van der Waals surface area (Å²) >= 11 is 0. The first-order valence-electron chi connectivity index (χ1n) is 9.27. The van der Waals surface area contributed by atoms with Crippen LogP contribution in [0.4, 0.5) is 0 Å². The number of aromatic nitrogens is 4. The SMILES string of the molecule is CCC(NC(=O)c1cc(-c2cn[nH]c2)nc2cc(C)ccc12)c1ccncc1. The zero-order valence-electron chi connectivity index (χ0n) is 15.8. The average Bonchev–Trinajstić information content (AvgIpc) is 3.26. The number of carbonyl (C=O) groups is 1. The largest absolute Gasteiger partial charge is 0.345 e. The van der Waals surface area contributed by atoms with Crippen molar-refractivity contribution < 1.29 is 4.79 Å². The Morgan fingerprint density at radius 2 is 2.00 bits per heavy atom. The van der Waals surface area contributed by atoms with Gasteiger partial charge in [-0.3, -0.25) is 14.9 Å². The first-order valence-corrected chi connectivity index (χ1v) is 9.27. The van der Waals surface area contributed by atoms with Gasteiger partial charge in [0, 0.05) is 29.5 Å². The van der Waals surface area contributed by atoms with Gasteiger partial charge in [0.1, 0.15) is 0 Å². The molecular formula is C22H21N5O. The Balaban J connectivity index is 1.77. The number of carbonyl (C=O) groups excluding carboxylic acids is 1. The van der Waals surface area contributed by atoms with Crippen LogP contribution in [0.15, 0.2) is 61.2 Å². The Hall–Kier alpha value is -3.54. The highest BCUT2D eigenvalue weighted by molar-refractivity contribution is 6.07. The number of hydrogen-bond donors (Lipinski definition) is 2. The molecule has 140 valence electrons. The summed E-state index contributed by atoms with van der Waals surface area (Å²) in [5, 5.41) is 10.8. The van der Waals surface area contributed by atoms with E-state index in [1.807, 2.05) is 43.3 Å². The van der Waals surface area contributed by atoms with Crippen molar-refractivity contribution in [2.45, 2.75) is 26.3 Å². The van der Waals surface area contributed by atoms with Gasteiger partial charge in [-0.1, -0.05) is 19.1 Å². The summed E-state index contributed by atoms with van der Waals surface area (Å²) in [5.74, 6) is -0.121. The van der Waals surface area contributed by atoms with Crippen LogP contribution in [0.25, 0.3) is 22.2 Å². The first kappa shape index (κ1) is 17.9. The molecule has 1 unspecified atom stereocenters. The van der Waals surface area contributed by atoms with Crippen molar-refractivity contribution in [1.82, 2.24) is 25.5 Å². The van der Waals surface area contributed by atoms with Gasteiger partial charge in [0.2, 0.25) is 0 Å². The smallest absolute Gasteiger partial charge is 0.252 e. The van der Waals surface area contributed by atoms with Crippen molar-refractivity contribution in [3.05, 3.63) is 77.9 Å². The molecule has 3 heterocycles. The molecule has 0 saturated heterocycles. The molecule has 1 atom stereocenters. The van der Waals surface area contributed by atoms with Crippen molar-refractivity contribution in [3.63, 3.8) is 0 Å². The topological polar surface area (TPSA) is 83.6 Å². The summed E-state index contributed by atoms with van der Waals surface area (Å²) in [4.78, 5) is 22.0. The van der Waals surface area contributed by atoms with E-state index in [0.717, 1.165) is 34.0 Å². The molecule has 0 bridgehead atoms. The number of rotatable bonds is 5. The van der Waals surface area contributed by atoms with Crippen LogP contribution in [-0.4, -0.2) is 26.1 Å². The van der Waals surface area contributed by atoms with Gasteiger partial charge in [-0.25, -0.2) is 4.98 Å². The molecule has 6 heteroatoms. The minimum atomic E-state index is -0.121. The van der Waals surface area contributed by atoms with Crippen LogP contribution >= 0.6 is 0 Å². The second-order valence-electron chi connectivity index (χ2n) is 6.78. The number of pyridine rings is 2. The van der Waals surface area contributed by atoms with E-state index in [0.29, 0.717) is 11.3 Å². The summed E-state index contributed by atoms with van der Waals surface area (Å²) in [6, 6.07) is 11.6. The molecule has 0 aliphatic rings. The molecule has 1 amide bonds. The van der Waals surface area contributed by atoms with Gasteiger partial charge in [0.25, 0.3) is 5.91 Å². The van der Waals surface area contributed by atoms with E-state index < -0.39 is 0 Å². The minimum absolute atomic E-state index is 0.0819. The molecule has 28 heavy (non-hydrogen) atoms. The summed E-state index contributed by atoms with van der Waals surface area (Å²) < 4.78 is 0. The molecule has 0 radical (unpaired) electrons. The van der Waals surface area contributed by atoms with E-state index in [1.54, 1.807) is 24.8 Å². The second kappa shape index (κ2) is 7.60. The highest BCUT2D eigenvalue weighted by Gasteiger charge is 2.18. The van der Waals surface area contributed by atoms with Crippen molar-refractivity contribution in [1.29, 1.82) is 0 Å². The molecule has 4 aromatic rings. The number of amides is 1. The third-order valence-electron chi connectivity index (χ3n) is 4.83. The summed E-state index contributed by atoms with van der Waals surface area (Å²) in [7, 11) is 0. The van der Waals surface area contributed by atoms with Crippen molar-refractivity contribution in [2.75, 3.05) is 0 Å². The molecule has 0 saturated carbocycles. The molecule has 0 spiro atoms. The molecule has 3 aromatic heterocycles. The van der Waals surface area contributed by atoms with E-state index in [9.17, 15) is 4.79 Å². The Morgan fingerprint density at radius 3 is 2.71 bits per heavy atom. The lowest BCUT2D eigenvalue weighted by atomic mass is 10.0. The molecule has 0 aliphatic carbocycles. The van der Waals surface area contributed by atoms with Crippen molar-refractivity contribution >= 4 is 16.8 Å². The molecule has 4 rings (SSSR count). The molecule has 1 aromatic carbocycles. The standard InChI is InChI=1S/C22H21N5O/c1-3-19(15-6-8-23-9-7-15)27-22(28)18-11-20(16-12-24-25-13-16)26-21-10-14(2)4-5-17(18)21/h4-13,19H,3H2,1-2H3,(H,24,25)(H,27,28). The number of aromatic amines is 1. The van der Waals surface area contributed by atoms with Gasteiger partial charge >= 0.3 is 0 Å². The number of fused-ring (bicyclic) bond motifs is 1. The van der Waals surface area contributed by atoms with Gasteiger partial charge in [-0.05, 0) is 48.7 Å². The second-order valence-corrected chi connectivity index (χ2v) is 6.78. The number of nitrogens with one attached hydrogen (secondary N) is 2. The number of benzene rings is 1. The predicted octanol–water partition coefficient (Wildman–Crippen LogP) is 4.21. The van der Waals surface area contributed by atoms with Crippen LogP contribution in [0.1, 0.15) is 40.9 Å². The number of aryl methyl sites for hydroxylation is 1. The maximum Gasteiger partial charge on any atom is 0.252 e. The Morgan fingerprint density at radius 1 is 1.18 bits per heavy atom. The monoisotopic (exact) mass is 371 g/mol. The molecule has 2 N–H and O–H groups in total.